The van der Waals surface area contributed by atoms with Crippen LogP contribution in [0.25, 0.3) is 0 Å². The molecule has 8 heteroatoms. The molecule has 0 aliphatic carbocycles. The normalized spacial score (nSPS) is 13.2. The van der Waals surface area contributed by atoms with Gasteiger partial charge in [-0.25, -0.2) is 0 Å². The first-order valence-corrected chi connectivity index (χ1v) is 6.11. The number of aliphatic carboxylic acids is 2. The van der Waals surface area contributed by atoms with E-state index in [9.17, 15) is 24.6 Å². The molecular formula is C13H15N2O6-. The van der Waals surface area contributed by atoms with Crippen LogP contribution in [0.15, 0.2) is 24.3 Å². The highest BCUT2D eigenvalue weighted by molar-refractivity contribution is 5.87. The van der Waals surface area contributed by atoms with Gasteiger partial charge in [-0.1, -0.05) is 12.1 Å². The molecule has 8 nitrogen and oxygen atoms in total. The second-order valence-corrected chi connectivity index (χ2v) is 4.52. The van der Waals surface area contributed by atoms with E-state index in [1.54, 1.807) is 0 Å². The molecule has 0 spiro atoms. The molecule has 0 radical (unpaired) electrons. The highest BCUT2D eigenvalue weighted by Crippen LogP contribution is 2.11. The number of benzene rings is 1. The average molecular weight is 295 g/mol. The molecule has 0 saturated carbocycles. The van der Waals surface area contributed by atoms with Crippen LogP contribution >= 0.6 is 0 Å². The smallest absolute Gasteiger partial charge is 0.279 e. The van der Waals surface area contributed by atoms with E-state index in [4.69, 9.17) is 5.11 Å². The van der Waals surface area contributed by atoms with Crippen molar-refractivity contribution in [1.82, 2.24) is 5.32 Å². The van der Waals surface area contributed by atoms with Gasteiger partial charge in [0.2, 0.25) is 0 Å². The van der Waals surface area contributed by atoms with Crippen molar-refractivity contribution in [2.45, 2.75) is 24.9 Å². The largest absolute Gasteiger partial charge is 0.550 e. The molecule has 1 rings (SSSR count). The Morgan fingerprint density at radius 3 is 2.24 bits per heavy atom. The van der Waals surface area contributed by atoms with E-state index in [0.717, 1.165) is 0 Å². The molecule has 5 N–H and O–H groups in total. The molecule has 0 heterocycles. The van der Waals surface area contributed by atoms with E-state index in [1.165, 1.54) is 24.3 Å². The lowest BCUT2D eigenvalue weighted by molar-refractivity contribution is -0.408. The predicted octanol–water partition coefficient (Wildman–Crippen LogP) is -4.08. The molecule has 0 aromatic heterocycles. The van der Waals surface area contributed by atoms with Gasteiger partial charge in [0.15, 0.2) is 6.04 Å². The van der Waals surface area contributed by atoms with Gasteiger partial charge in [0, 0.05) is 12.4 Å². The van der Waals surface area contributed by atoms with Crippen molar-refractivity contribution in [2.24, 2.45) is 0 Å². The Hall–Kier alpha value is -2.61. The number of carbonyl (C=O) groups is 3. The number of amides is 1. The third kappa shape index (κ3) is 5.49. The van der Waals surface area contributed by atoms with E-state index in [0.29, 0.717) is 5.56 Å². The summed E-state index contributed by atoms with van der Waals surface area (Å²) < 4.78 is 0. The number of hydrogen-bond acceptors (Lipinski definition) is 6. The van der Waals surface area contributed by atoms with Crippen LogP contribution in [0, 0.1) is 0 Å². The molecule has 2 atom stereocenters. The van der Waals surface area contributed by atoms with E-state index < -0.39 is 36.4 Å². The highest BCUT2D eigenvalue weighted by atomic mass is 16.4. The number of carbonyl (C=O) groups excluding carboxylic acids is 3. The summed E-state index contributed by atoms with van der Waals surface area (Å²) in [6.07, 6.45) is -0.669. The van der Waals surface area contributed by atoms with Crippen LogP contribution in [0.1, 0.15) is 12.0 Å². The minimum atomic E-state index is -1.50. The number of hydrogen-bond donors (Lipinski definition) is 3. The van der Waals surface area contributed by atoms with Crippen LogP contribution in [-0.2, 0) is 20.8 Å². The van der Waals surface area contributed by atoms with Crippen LogP contribution < -0.4 is 21.3 Å². The Kier molecular flexibility index (Phi) is 5.67. The number of carboxylic acids is 2. The van der Waals surface area contributed by atoms with Crippen molar-refractivity contribution in [3.8, 4) is 5.75 Å². The number of nitrogens with one attached hydrogen (secondary N) is 1. The Morgan fingerprint density at radius 1 is 1.19 bits per heavy atom. The standard InChI is InChI=1S/C13H16N2O6/c14-9(6-11(17)18)12(19)15-10(13(20)21)5-7-1-3-8(16)4-2-7/h1-4,9-10,16H,5-6,14H2,(H,15,19)(H,17,18)(H,20,21)/p-1/t9-,10-/m0/s1. The number of aromatic hydroxyl groups is 1. The fourth-order valence-electron chi connectivity index (χ4n) is 1.64. The first-order chi connectivity index (χ1) is 9.79. The minimum absolute atomic E-state index is 0.0274. The van der Waals surface area contributed by atoms with Gasteiger partial charge in [0.05, 0.1) is 12.0 Å². The van der Waals surface area contributed by atoms with Crippen LogP contribution in [0.4, 0.5) is 0 Å². The van der Waals surface area contributed by atoms with Crippen LogP contribution in [-0.4, -0.2) is 35.0 Å². The molecule has 0 aliphatic heterocycles. The zero-order valence-corrected chi connectivity index (χ0v) is 11.1. The van der Waals surface area contributed by atoms with Crippen molar-refractivity contribution >= 4 is 17.8 Å². The molecule has 1 aromatic carbocycles. The summed E-state index contributed by atoms with van der Waals surface area (Å²) >= 11 is 0. The molecule has 0 unspecified atom stereocenters. The van der Waals surface area contributed by atoms with E-state index in [1.807, 2.05) is 0 Å². The average Bonchev–Trinajstić information content (AvgIpc) is 2.39. The van der Waals surface area contributed by atoms with Crippen LogP contribution in [0.3, 0.4) is 0 Å². The molecule has 114 valence electrons. The highest BCUT2D eigenvalue weighted by Gasteiger charge is 2.22. The van der Waals surface area contributed by atoms with Crippen molar-refractivity contribution in [2.75, 3.05) is 0 Å². The summed E-state index contributed by atoms with van der Waals surface area (Å²) in [7, 11) is 0. The zero-order valence-electron chi connectivity index (χ0n) is 11.1. The van der Waals surface area contributed by atoms with Gasteiger partial charge < -0.3 is 36.0 Å². The van der Waals surface area contributed by atoms with Gasteiger partial charge in [-0.15, -0.1) is 0 Å². The van der Waals surface area contributed by atoms with Gasteiger partial charge in [-0.05, 0) is 24.1 Å². The quantitative estimate of drug-likeness (QED) is 0.464. The predicted molar refractivity (Wildman–Crippen MR) is 65.0 cm³/mol. The molecule has 0 bridgehead atoms. The van der Waals surface area contributed by atoms with Gasteiger partial charge >= 0.3 is 0 Å². The van der Waals surface area contributed by atoms with Crippen molar-refractivity contribution in [3.05, 3.63) is 29.8 Å². The number of quaternary nitrogens is 1. The maximum Gasteiger partial charge on any atom is 0.279 e. The summed E-state index contributed by atoms with van der Waals surface area (Å²) in [5.41, 5.74) is 3.89. The van der Waals surface area contributed by atoms with Crippen LogP contribution in [0.5, 0.6) is 5.75 Å². The number of phenolic OH excluding ortho intramolecular Hbond substituents is 1. The van der Waals surface area contributed by atoms with Gasteiger partial charge in [0.1, 0.15) is 5.75 Å². The van der Waals surface area contributed by atoms with Gasteiger partial charge in [-0.2, -0.15) is 0 Å². The zero-order chi connectivity index (χ0) is 16.0. The lowest BCUT2D eigenvalue weighted by Crippen LogP contribution is -2.70. The first kappa shape index (κ1) is 16.4. The Morgan fingerprint density at radius 2 is 1.76 bits per heavy atom. The van der Waals surface area contributed by atoms with Crippen molar-refractivity contribution < 1.29 is 35.4 Å². The second-order valence-electron chi connectivity index (χ2n) is 4.52. The lowest BCUT2D eigenvalue weighted by Gasteiger charge is -2.21. The Balaban J connectivity index is 2.69. The summed E-state index contributed by atoms with van der Waals surface area (Å²) in [4.78, 5) is 33.0. The minimum Gasteiger partial charge on any atom is -0.550 e. The maximum absolute atomic E-state index is 11.6. The molecule has 1 amide bonds. The van der Waals surface area contributed by atoms with E-state index in [2.05, 4.69) is 11.1 Å². The fourth-order valence-corrected chi connectivity index (χ4v) is 1.64. The Labute approximate surface area is 120 Å². The summed E-state index contributed by atoms with van der Waals surface area (Å²) in [5.74, 6) is -3.74. The molecule has 0 aliphatic rings. The fraction of sp³-hybridized carbons (Fsp3) is 0.308. The molecule has 21 heavy (non-hydrogen) atoms. The summed E-state index contributed by atoms with van der Waals surface area (Å²) in [6.45, 7) is 0. The number of rotatable bonds is 7. The third-order valence-corrected chi connectivity index (χ3v) is 2.76. The number of phenols is 1. The maximum atomic E-state index is 11.6. The Bertz CT molecular complexity index is 528. The van der Waals surface area contributed by atoms with E-state index in [-0.39, 0.29) is 12.2 Å². The van der Waals surface area contributed by atoms with Crippen molar-refractivity contribution in [1.29, 1.82) is 0 Å². The molecule has 1 aromatic rings. The van der Waals surface area contributed by atoms with Crippen LogP contribution in [0.2, 0.25) is 0 Å². The van der Waals surface area contributed by atoms with E-state index >= 15 is 0 Å². The third-order valence-electron chi connectivity index (χ3n) is 2.76. The number of carboxylic acid groups (broad SMARTS) is 2. The SMILES string of the molecule is [NH3+][C@@H](CC(=O)[O-])C(=O)N[C@@H](Cc1ccc(O)cc1)C(=O)[O-]. The second kappa shape index (κ2) is 7.25. The molecule has 0 fully saturated rings. The summed E-state index contributed by atoms with van der Waals surface area (Å²) in [5, 5.41) is 32.7. The first-order valence-electron chi connectivity index (χ1n) is 6.11. The van der Waals surface area contributed by atoms with Gasteiger partial charge in [-0.3, -0.25) is 4.79 Å². The topological polar surface area (TPSA) is 157 Å². The van der Waals surface area contributed by atoms with Gasteiger partial charge in [0.25, 0.3) is 5.91 Å². The lowest BCUT2D eigenvalue weighted by atomic mass is 10.1. The monoisotopic (exact) mass is 295 g/mol. The summed E-state index contributed by atoms with van der Waals surface area (Å²) in [6, 6.07) is 3.28. The van der Waals surface area contributed by atoms with Crippen molar-refractivity contribution in [3.63, 3.8) is 0 Å². The molecular weight excluding hydrogens is 280 g/mol. The molecule has 0 saturated heterocycles.